The van der Waals surface area contributed by atoms with Gasteiger partial charge in [0.15, 0.2) is 0 Å². The molecule has 0 unspecified atom stereocenters. The third-order valence-corrected chi connectivity index (χ3v) is 7.95. The van der Waals surface area contributed by atoms with E-state index in [-0.39, 0.29) is 17.4 Å². The van der Waals surface area contributed by atoms with Crippen molar-refractivity contribution < 1.29 is 4.79 Å². The third kappa shape index (κ3) is 4.72. The molecule has 5 rings (SSSR count). The van der Waals surface area contributed by atoms with E-state index in [9.17, 15) is 9.59 Å². The van der Waals surface area contributed by atoms with Crippen LogP contribution in [0.2, 0.25) is 0 Å². The molecule has 31 heavy (non-hydrogen) atoms. The average Bonchev–Trinajstić information content (AvgIpc) is 3.42. The molecule has 0 spiro atoms. The van der Waals surface area contributed by atoms with E-state index >= 15 is 0 Å². The van der Waals surface area contributed by atoms with E-state index in [1.165, 1.54) is 32.1 Å². The summed E-state index contributed by atoms with van der Waals surface area (Å²) in [5, 5.41) is 0. The lowest BCUT2D eigenvalue weighted by Gasteiger charge is -2.38. The maximum atomic E-state index is 12.9. The summed E-state index contributed by atoms with van der Waals surface area (Å²) in [4.78, 5) is 37.4. The van der Waals surface area contributed by atoms with Crippen molar-refractivity contribution >= 4 is 5.91 Å². The number of piperazine rings is 1. The molecule has 0 N–H and O–H groups in total. The van der Waals surface area contributed by atoms with Crippen LogP contribution in [0, 0.1) is 0 Å². The SMILES string of the molecule is O=C(CN1CC[C@H](c2cc(=O)n3c(n2)CCCCC3)C1)N1CCN(C2CCCC2)CC1. The molecule has 1 aromatic heterocycles. The Morgan fingerprint density at radius 3 is 2.55 bits per heavy atom. The van der Waals surface area contributed by atoms with Crippen LogP contribution in [0.15, 0.2) is 10.9 Å². The minimum absolute atomic E-state index is 0.108. The van der Waals surface area contributed by atoms with Crippen LogP contribution in [0.5, 0.6) is 0 Å². The second kappa shape index (κ2) is 9.41. The molecular weight excluding hydrogens is 390 g/mol. The highest BCUT2D eigenvalue weighted by Gasteiger charge is 2.31. The molecule has 1 aromatic rings. The van der Waals surface area contributed by atoms with Gasteiger partial charge in [-0.2, -0.15) is 0 Å². The first-order valence-electron chi connectivity index (χ1n) is 12.5. The van der Waals surface area contributed by atoms with Crippen molar-refractivity contribution in [1.29, 1.82) is 0 Å². The van der Waals surface area contributed by atoms with Crippen molar-refractivity contribution in [2.45, 2.75) is 76.3 Å². The second-order valence-corrected chi connectivity index (χ2v) is 9.97. The Balaban J connectivity index is 1.14. The molecule has 1 aliphatic carbocycles. The van der Waals surface area contributed by atoms with Gasteiger partial charge in [0.25, 0.3) is 5.56 Å². The van der Waals surface area contributed by atoms with Gasteiger partial charge in [-0.25, -0.2) is 4.98 Å². The molecule has 1 amide bonds. The number of carbonyl (C=O) groups excluding carboxylic acids is 1. The van der Waals surface area contributed by atoms with Crippen molar-refractivity contribution in [3.63, 3.8) is 0 Å². The molecule has 1 saturated carbocycles. The highest BCUT2D eigenvalue weighted by molar-refractivity contribution is 5.78. The van der Waals surface area contributed by atoms with Gasteiger partial charge >= 0.3 is 0 Å². The van der Waals surface area contributed by atoms with Crippen molar-refractivity contribution in [3.05, 3.63) is 27.9 Å². The Morgan fingerprint density at radius 2 is 1.74 bits per heavy atom. The standard InChI is InChI=1S/C24H37N5O2/c30-23-16-21(25-22-8-2-1-5-10-29(22)23)19-9-11-26(17-19)18-24(31)28-14-12-27(13-15-28)20-6-3-4-7-20/h16,19-20H,1-15,17-18H2/t19-/m0/s1. The summed E-state index contributed by atoms with van der Waals surface area (Å²) in [5.41, 5.74) is 1.05. The van der Waals surface area contributed by atoms with Crippen LogP contribution in [0.25, 0.3) is 0 Å². The Morgan fingerprint density at radius 1 is 0.935 bits per heavy atom. The van der Waals surface area contributed by atoms with Crippen molar-refractivity contribution in [1.82, 2.24) is 24.3 Å². The fourth-order valence-electron chi connectivity index (χ4n) is 6.06. The molecule has 4 heterocycles. The Labute approximate surface area is 185 Å². The van der Waals surface area contributed by atoms with Gasteiger partial charge in [-0.1, -0.05) is 19.3 Å². The van der Waals surface area contributed by atoms with Crippen LogP contribution in [-0.2, 0) is 17.8 Å². The molecule has 170 valence electrons. The zero-order valence-electron chi connectivity index (χ0n) is 18.8. The smallest absolute Gasteiger partial charge is 0.253 e. The number of amides is 1. The first-order valence-corrected chi connectivity index (χ1v) is 12.5. The van der Waals surface area contributed by atoms with E-state index in [1.807, 2.05) is 4.57 Å². The fourth-order valence-corrected chi connectivity index (χ4v) is 6.06. The van der Waals surface area contributed by atoms with Gasteiger partial charge in [-0.05, 0) is 38.6 Å². The van der Waals surface area contributed by atoms with Crippen molar-refractivity contribution in [2.24, 2.45) is 0 Å². The first-order chi connectivity index (χ1) is 15.2. The number of carbonyl (C=O) groups is 1. The average molecular weight is 428 g/mol. The van der Waals surface area contributed by atoms with E-state index < -0.39 is 0 Å². The molecule has 3 fully saturated rings. The molecule has 0 aromatic carbocycles. The predicted molar refractivity (Wildman–Crippen MR) is 120 cm³/mol. The van der Waals surface area contributed by atoms with E-state index in [2.05, 4.69) is 14.7 Å². The van der Waals surface area contributed by atoms with Gasteiger partial charge < -0.3 is 4.90 Å². The molecule has 1 atom stereocenters. The summed E-state index contributed by atoms with van der Waals surface area (Å²) in [6.45, 7) is 6.86. The topological polar surface area (TPSA) is 61.7 Å². The Hall–Kier alpha value is -1.73. The second-order valence-electron chi connectivity index (χ2n) is 9.97. The molecule has 0 radical (unpaired) electrons. The van der Waals surface area contributed by atoms with Gasteiger partial charge in [-0.15, -0.1) is 0 Å². The Bertz CT molecular complexity index is 839. The van der Waals surface area contributed by atoms with E-state index in [4.69, 9.17) is 4.98 Å². The van der Waals surface area contributed by atoms with Gasteiger partial charge in [-0.3, -0.25) is 24.0 Å². The number of rotatable bonds is 4. The zero-order chi connectivity index (χ0) is 21.2. The largest absolute Gasteiger partial charge is 0.339 e. The van der Waals surface area contributed by atoms with E-state index in [0.29, 0.717) is 6.54 Å². The number of fused-ring (bicyclic) bond motifs is 1. The lowest BCUT2D eigenvalue weighted by Crippen LogP contribution is -2.53. The van der Waals surface area contributed by atoms with Gasteiger partial charge in [0.05, 0.1) is 12.2 Å². The summed E-state index contributed by atoms with van der Waals surface area (Å²) in [5.74, 6) is 1.50. The summed E-state index contributed by atoms with van der Waals surface area (Å²) < 4.78 is 1.87. The third-order valence-electron chi connectivity index (χ3n) is 7.95. The summed E-state index contributed by atoms with van der Waals surface area (Å²) in [6.07, 6.45) is 10.7. The highest BCUT2D eigenvalue weighted by atomic mass is 16.2. The summed E-state index contributed by atoms with van der Waals surface area (Å²) >= 11 is 0. The van der Waals surface area contributed by atoms with E-state index in [1.54, 1.807) is 6.07 Å². The fraction of sp³-hybridized carbons (Fsp3) is 0.792. The quantitative estimate of drug-likeness (QED) is 0.734. The normalized spacial score (nSPS) is 26.2. The molecule has 4 aliphatic rings. The molecular formula is C24H37N5O2. The maximum absolute atomic E-state index is 12.9. The number of hydrogen-bond acceptors (Lipinski definition) is 5. The number of likely N-dealkylation sites (tertiary alicyclic amines) is 1. The molecule has 2 saturated heterocycles. The van der Waals surface area contributed by atoms with Crippen LogP contribution < -0.4 is 5.56 Å². The Kier molecular flexibility index (Phi) is 6.41. The lowest BCUT2D eigenvalue weighted by atomic mass is 10.0. The summed E-state index contributed by atoms with van der Waals surface area (Å²) in [6, 6.07) is 2.52. The molecule has 7 heteroatoms. The van der Waals surface area contributed by atoms with Crippen LogP contribution in [0.4, 0.5) is 0 Å². The highest BCUT2D eigenvalue weighted by Crippen LogP contribution is 2.27. The van der Waals surface area contributed by atoms with Crippen LogP contribution in [-0.4, -0.2) is 82.0 Å². The molecule has 7 nitrogen and oxygen atoms in total. The first kappa shape index (κ1) is 21.1. The van der Waals surface area contributed by atoms with Gasteiger partial charge in [0.2, 0.25) is 5.91 Å². The van der Waals surface area contributed by atoms with Crippen LogP contribution in [0.3, 0.4) is 0 Å². The number of nitrogens with zero attached hydrogens (tertiary/aromatic N) is 5. The molecule has 3 aliphatic heterocycles. The zero-order valence-corrected chi connectivity index (χ0v) is 18.8. The number of hydrogen-bond donors (Lipinski definition) is 0. The van der Waals surface area contributed by atoms with Crippen LogP contribution >= 0.6 is 0 Å². The monoisotopic (exact) mass is 427 g/mol. The number of aryl methyl sites for hydroxylation is 1. The van der Waals surface area contributed by atoms with Crippen LogP contribution in [0.1, 0.15) is 68.8 Å². The van der Waals surface area contributed by atoms with Crippen molar-refractivity contribution in [2.75, 3.05) is 45.8 Å². The summed E-state index contributed by atoms with van der Waals surface area (Å²) in [7, 11) is 0. The minimum Gasteiger partial charge on any atom is -0.339 e. The van der Waals surface area contributed by atoms with E-state index in [0.717, 1.165) is 89.1 Å². The van der Waals surface area contributed by atoms with Crippen molar-refractivity contribution in [3.8, 4) is 0 Å². The minimum atomic E-state index is 0.108. The number of aromatic nitrogens is 2. The molecule has 0 bridgehead atoms. The lowest BCUT2D eigenvalue weighted by molar-refractivity contribution is -0.134. The van der Waals surface area contributed by atoms with Gasteiger partial charge in [0, 0.05) is 63.7 Å². The predicted octanol–water partition coefficient (Wildman–Crippen LogP) is 1.85. The maximum Gasteiger partial charge on any atom is 0.253 e. The van der Waals surface area contributed by atoms with Gasteiger partial charge in [0.1, 0.15) is 5.82 Å².